The van der Waals surface area contributed by atoms with Crippen molar-refractivity contribution in [2.45, 2.75) is 125 Å². The van der Waals surface area contributed by atoms with E-state index in [0.717, 1.165) is 68.6 Å². The highest BCUT2D eigenvalue weighted by molar-refractivity contribution is 7.21. The van der Waals surface area contributed by atoms with Gasteiger partial charge in [-0.3, -0.25) is 4.79 Å². The second kappa shape index (κ2) is 14.0. The van der Waals surface area contributed by atoms with Crippen molar-refractivity contribution in [2.75, 3.05) is 0 Å². The Balaban J connectivity index is 1.52. The van der Waals surface area contributed by atoms with Gasteiger partial charge < -0.3 is 5.11 Å². The molecule has 1 aliphatic carbocycles. The molecule has 1 aliphatic heterocycles. The first kappa shape index (κ1) is 30.8. The van der Waals surface area contributed by atoms with E-state index in [0.29, 0.717) is 18.8 Å². The summed E-state index contributed by atoms with van der Waals surface area (Å²) in [6.07, 6.45) is 12.2. The maximum Gasteiger partial charge on any atom is 0.186 e. The van der Waals surface area contributed by atoms with Crippen molar-refractivity contribution >= 4 is 21.6 Å². The van der Waals surface area contributed by atoms with Gasteiger partial charge in [0.1, 0.15) is 0 Å². The normalized spacial score (nSPS) is 15.3. The number of benzene rings is 2. The van der Waals surface area contributed by atoms with E-state index >= 15 is 0 Å². The van der Waals surface area contributed by atoms with Gasteiger partial charge in [0.2, 0.25) is 0 Å². The molecule has 1 heterocycles. The second-order valence-corrected chi connectivity index (χ2v) is 13.8. The molecule has 0 radical (unpaired) electrons. The van der Waals surface area contributed by atoms with Crippen LogP contribution in [0.15, 0.2) is 29.1 Å². The van der Waals surface area contributed by atoms with Crippen LogP contribution >= 0.6 is 11.3 Å². The summed E-state index contributed by atoms with van der Waals surface area (Å²) in [5, 5.41) is 11.2. The predicted octanol–water partition coefficient (Wildman–Crippen LogP) is 9.50. The highest BCUT2D eigenvalue weighted by Crippen LogP contribution is 2.36. The fraction of sp³-hybridized carbons (Fsp3) is 0.647. The molecule has 3 nitrogen and oxygen atoms in total. The molecule has 3 unspecified atom stereocenters. The lowest BCUT2D eigenvalue weighted by Crippen LogP contribution is -2.27. The van der Waals surface area contributed by atoms with Crippen molar-refractivity contribution in [1.82, 2.24) is 4.98 Å². The highest BCUT2D eigenvalue weighted by Gasteiger charge is 2.25. The Morgan fingerprint density at radius 1 is 0.868 bits per heavy atom. The van der Waals surface area contributed by atoms with Crippen molar-refractivity contribution < 1.29 is 5.11 Å². The van der Waals surface area contributed by atoms with Crippen molar-refractivity contribution in [3.8, 4) is 10.6 Å². The van der Waals surface area contributed by atoms with Crippen molar-refractivity contribution in [3.63, 3.8) is 0 Å². The lowest BCUT2D eigenvalue weighted by molar-refractivity contribution is 0.0386. The van der Waals surface area contributed by atoms with E-state index in [2.05, 4.69) is 33.8 Å². The number of para-hydroxylation sites is 1. The molecule has 0 aromatic heterocycles. The molecule has 0 saturated carbocycles. The zero-order chi connectivity index (χ0) is 27.9. The number of fused-ring (bicyclic) bond motifs is 2. The average Bonchev–Trinajstić information content (AvgIpc) is 2.86. The number of nitrogens with zero attached hydrogens (tertiary/aromatic N) is 1. The van der Waals surface area contributed by atoms with Crippen LogP contribution in [0, 0.1) is 31.6 Å². The van der Waals surface area contributed by atoms with E-state index in [4.69, 9.17) is 4.98 Å². The van der Waals surface area contributed by atoms with E-state index in [-0.39, 0.29) is 5.43 Å². The van der Waals surface area contributed by atoms with Gasteiger partial charge in [-0.05, 0) is 75.5 Å². The molecule has 1 N–H and O–H groups in total. The second-order valence-electron chi connectivity index (χ2n) is 12.8. The summed E-state index contributed by atoms with van der Waals surface area (Å²) in [6, 6.07) is 8.13. The third-order valence-corrected chi connectivity index (χ3v) is 9.74. The zero-order valence-corrected chi connectivity index (χ0v) is 25.8. The number of aliphatic hydroxyl groups is 1. The lowest BCUT2D eigenvalue weighted by atomic mass is 9.87. The van der Waals surface area contributed by atoms with Crippen molar-refractivity contribution in [3.05, 3.63) is 51.2 Å². The van der Waals surface area contributed by atoms with E-state index < -0.39 is 5.60 Å². The van der Waals surface area contributed by atoms with Gasteiger partial charge in [0.05, 0.1) is 26.4 Å². The fourth-order valence-corrected chi connectivity index (χ4v) is 6.86. The van der Waals surface area contributed by atoms with Crippen LogP contribution < -0.4 is 5.43 Å². The van der Waals surface area contributed by atoms with Crippen LogP contribution in [0.1, 0.15) is 116 Å². The van der Waals surface area contributed by atoms with Gasteiger partial charge in [0, 0.05) is 11.1 Å². The van der Waals surface area contributed by atoms with Gasteiger partial charge >= 0.3 is 0 Å². The van der Waals surface area contributed by atoms with E-state index in [1.807, 2.05) is 39.0 Å². The molecule has 0 spiro atoms. The Morgan fingerprint density at radius 3 is 2.13 bits per heavy atom. The standard InChI is InChI=1S/C34H51NO2S/c1-23(2)13-10-14-24(3)15-11-16-25(4)17-12-21-34(7,37)22-20-28-32(36)27(6)26(5)31-33(28)38-30-19-9-8-18-29(30)35-31/h8-9,18-19,23-25,37H,10-17,20-22H2,1-7H3. The van der Waals surface area contributed by atoms with Crippen LogP contribution in [0.5, 0.6) is 0 Å². The maximum atomic E-state index is 13.3. The first-order valence-corrected chi connectivity index (χ1v) is 15.8. The minimum atomic E-state index is -0.767. The van der Waals surface area contributed by atoms with Crippen molar-refractivity contribution in [1.29, 1.82) is 0 Å². The lowest BCUT2D eigenvalue weighted by Gasteiger charge is -2.25. The van der Waals surface area contributed by atoms with Crippen LogP contribution in [0.25, 0.3) is 20.8 Å². The maximum absolute atomic E-state index is 13.3. The predicted molar refractivity (Wildman–Crippen MR) is 166 cm³/mol. The summed E-state index contributed by atoms with van der Waals surface area (Å²) < 4.78 is 1.09. The first-order chi connectivity index (χ1) is 18.0. The summed E-state index contributed by atoms with van der Waals surface area (Å²) in [6.45, 7) is 15.3. The van der Waals surface area contributed by atoms with E-state index in [9.17, 15) is 9.90 Å². The molecule has 3 rings (SSSR count). The highest BCUT2D eigenvalue weighted by atomic mass is 32.1. The molecule has 0 fully saturated rings. The summed E-state index contributed by atoms with van der Waals surface area (Å²) in [4.78, 5) is 19.2. The van der Waals surface area contributed by atoms with Crippen LogP contribution in [0.2, 0.25) is 0 Å². The Hall–Kier alpha value is -1.78. The van der Waals surface area contributed by atoms with Crippen molar-refractivity contribution in [2.24, 2.45) is 17.8 Å². The molecule has 0 bridgehead atoms. The number of rotatable bonds is 15. The van der Waals surface area contributed by atoms with Gasteiger partial charge in [0.15, 0.2) is 5.43 Å². The van der Waals surface area contributed by atoms with Gasteiger partial charge in [-0.25, -0.2) is 4.98 Å². The van der Waals surface area contributed by atoms with Crippen LogP contribution in [-0.4, -0.2) is 15.7 Å². The molecule has 2 aliphatic rings. The third-order valence-electron chi connectivity index (χ3n) is 8.53. The summed E-state index contributed by atoms with van der Waals surface area (Å²) in [5.74, 6) is 2.36. The van der Waals surface area contributed by atoms with Gasteiger partial charge in [-0.1, -0.05) is 91.2 Å². The van der Waals surface area contributed by atoms with Crippen LogP contribution in [-0.2, 0) is 6.42 Å². The fourth-order valence-electron chi connectivity index (χ4n) is 5.66. The Labute approximate surface area is 235 Å². The quantitative estimate of drug-likeness (QED) is 0.196. The molecular weight excluding hydrogens is 486 g/mol. The molecule has 210 valence electrons. The van der Waals surface area contributed by atoms with Gasteiger partial charge in [-0.15, -0.1) is 11.3 Å². The molecule has 0 amide bonds. The third kappa shape index (κ3) is 8.61. The molecule has 1 aromatic carbocycles. The molecule has 1 aromatic rings. The topological polar surface area (TPSA) is 50.2 Å². The Kier molecular flexibility index (Phi) is 11.4. The molecule has 0 saturated heterocycles. The van der Waals surface area contributed by atoms with Crippen LogP contribution in [0.3, 0.4) is 0 Å². The number of hydrogen-bond acceptors (Lipinski definition) is 4. The number of aromatic nitrogens is 1. The zero-order valence-electron chi connectivity index (χ0n) is 25.0. The number of hydrogen-bond donors (Lipinski definition) is 1. The SMILES string of the molecule is Cc1c2nc3ccccc3sc-2c(CCC(C)(O)CCCC(C)CCCC(C)CCCC(C)C)c(=O)c1C. The summed E-state index contributed by atoms with van der Waals surface area (Å²) >= 11 is 1.66. The van der Waals surface area contributed by atoms with Gasteiger partial charge in [0.25, 0.3) is 0 Å². The molecule has 3 atom stereocenters. The van der Waals surface area contributed by atoms with Crippen LogP contribution in [0.4, 0.5) is 0 Å². The Morgan fingerprint density at radius 2 is 1.47 bits per heavy atom. The molecular formula is C34H51NO2S. The smallest absolute Gasteiger partial charge is 0.186 e. The average molecular weight is 538 g/mol. The summed E-state index contributed by atoms with van der Waals surface area (Å²) in [7, 11) is 0. The van der Waals surface area contributed by atoms with E-state index in [1.165, 1.54) is 38.5 Å². The summed E-state index contributed by atoms with van der Waals surface area (Å²) in [5.41, 5.74) is 3.83. The minimum Gasteiger partial charge on any atom is -0.390 e. The minimum absolute atomic E-state index is 0.117. The molecule has 38 heavy (non-hydrogen) atoms. The monoisotopic (exact) mass is 537 g/mol. The van der Waals surface area contributed by atoms with E-state index in [1.54, 1.807) is 11.3 Å². The largest absolute Gasteiger partial charge is 0.390 e. The Bertz CT molecular complexity index is 1200. The van der Waals surface area contributed by atoms with Gasteiger partial charge in [-0.2, -0.15) is 0 Å². The first-order valence-electron chi connectivity index (χ1n) is 15.0. The molecule has 4 heteroatoms.